The zero-order chi connectivity index (χ0) is 11.7. The van der Waals surface area contributed by atoms with Gasteiger partial charge in [-0.15, -0.1) is 0 Å². The van der Waals surface area contributed by atoms with Crippen LogP contribution in [0.15, 0.2) is 0 Å². The smallest absolute Gasteiger partial charge is 0.220 e. The number of hydrogen-bond donors (Lipinski definition) is 1. The summed E-state index contributed by atoms with van der Waals surface area (Å²) in [5.74, 6) is 0.0472. The lowest BCUT2D eigenvalue weighted by Crippen LogP contribution is -2.29. The zero-order valence-electron chi connectivity index (χ0n) is 9.56. The summed E-state index contributed by atoms with van der Waals surface area (Å²) in [6, 6.07) is 2.21. The summed E-state index contributed by atoms with van der Waals surface area (Å²) in [6.07, 6.45) is 0.879. The van der Waals surface area contributed by atoms with Crippen LogP contribution in [-0.2, 0) is 13.0 Å². The normalized spacial score (nSPS) is 17.6. The van der Waals surface area contributed by atoms with Gasteiger partial charge in [0.05, 0.1) is 23.4 Å². The van der Waals surface area contributed by atoms with Gasteiger partial charge in [-0.05, 0) is 14.0 Å². The van der Waals surface area contributed by atoms with Crippen molar-refractivity contribution in [3.05, 3.63) is 17.0 Å². The monoisotopic (exact) mass is 217 g/mol. The van der Waals surface area contributed by atoms with Crippen molar-refractivity contribution in [3.63, 3.8) is 0 Å². The first-order valence-corrected chi connectivity index (χ1v) is 5.35. The van der Waals surface area contributed by atoms with Gasteiger partial charge in [0.15, 0.2) is 0 Å². The fourth-order valence-corrected chi connectivity index (χ4v) is 2.01. The molecule has 0 spiro atoms. The van der Waals surface area contributed by atoms with Gasteiger partial charge in [0, 0.05) is 25.1 Å². The first-order chi connectivity index (χ1) is 7.61. The van der Waals surface area contributed by atoms with E-state index in [1.54, 1.807) is 0 Å². The van der Waals surface area contributed by atoms with Gasteiger partial charge in [0.1, 0.15) is 0 Å². The van der Waals surface area contributed by atoms with E-state index in [9.17, 15) is 0 Å². The third kappa shape index (κ3) is 1.84. The molecule has 0 saturated carbocycles. The summed E-state index contributed by atoms with van der Waals surface area (Å²) in [7, 11) is 2.06. The van der Waals surface area contributed by atoms with Crippen molar-refractivity contribution >= 4 is 5.95 Å². The minimum absolute atomic E-state index is 0.231. The number of rotatable bonds is 1. The number of aromatic nitrogens is 2. The fourth-order valence-electron chi connectivity index (χ4n) is 2.01. The minimum Gasteiger partial charge on any atom is -0.368 e. The lowest BCUT2D eigenvalue weighted by atomic mass is 9.98. The highest BCUT2D eigenvalue weighted by atomic mass is 15.1. The van der Waals surface area contributed by atoms with E-state index >= 15 is 0 Å². The molecule has 1 aliphatic rings. The van der Waals surface area contributed by atoms with Crippen LogP contribution in [0.3, 0.4) is 0 Å². The molecule has 0 aromatic carbocycles. The molecule has 2 N–H and O–H groups in total. The molecule has 2 heterocycles. The Hall–Kier alpha value is -1.67. The van der Waals surface area contributed by atoms with Crippen molar-refractivity contribution in [2.45, 2.75) is 25.8 Å². The number of nitrogen functional groups attached to an aromatic ring is 1. The molecule has 5 nitrogen and oxygen atoms in total. The predicted molar refractivity (Wildman–Crippen MR) is 60.5 cm³/mol. The number of fused-ring (bicyclic) bond motifs is 1. The quantitative estimate of drug-likeness (QED) is 0.748. The van der Waals surface area contributed by atoms with E-state index < -0.39 is 0 Å². The Balaban J connectivity index is 2.52. The van der Waals surface area contributed by atoms with E-state index in [0.29, 0.717) is 0 Å². The van der Waals surface area contributed by atoms with Gasteiger partial charge in [-0.3, -0.25) is 0 Å². The molecule has 0 aliphatic carbocycles. The molecule has 1 aromatic heterocycles. The van der Waals surface area contributed by atoms with Crippen LogP contribution in [0.5, 0.6) is 0 Å². The predicted octanol–water partition coefficient (Wildman–Crippen LogP) is 0.674. The van der Waals surface area contributed by atoms with Crippen LogP contribution in [0.4, 0.5) is 5.95 Å². The third-order valence-electron chi connectivity index (χ3n) is 2.90. The molecule has 16 heavy (non-hydrogen) atoms. The lowest BCUT2D eigenvalue weighted by molar-refractivity contribution is 0.307. The van der Waals surface area contributed by atoms with E-state index in [1.165, 1.54) is 0 Å². The van der Waals surface area contributed by atoms with Crippen LogP contribution in [0.25, 0.3) is 0 Å². The number of hydrogen-bond acceptors (Lipinski definition) is 5. The molecule has 5 heteroatoms. The van der Waals surface area contributed by atoms with Gasteiger partial charge in [0.2, 0.25) is 5.95 Å². The van der Waals surface area contributed by atoms with E-state index in [2.05, 4.69) is 28.0 Å². The Morgan fingerprint density at radius 2 is 2.25 bits per heavy atom. The van der Waals surface area contributed by atoms with E-state index in [4.69, 9.17) is 11.0 Å². The second-order valence-corrected chi connectivity index (χ2v) is 4.23. The Labute approximate surface area is 94.9 Å². The summed E-state index contributed by atoms with van der Waals surface area (Å²) in [4.78, 5) is 10.7. The minimum atomic E-state index is -0.231. The molecule has 2 rings (SSSR count). The summed E-state index contributed by atoms with van der Waals surface area (Å²) in [5, 5.41) is 8.98. The molecule has 1 aliphatic heterocycles. The largest absolute Gasteiger partial charge is 0.368 e. The molecule has 0 radical (unpaired) electrons. The van der Waals surface area contributed by atoms with Crippen LogP contribution >= 0.6 is 0 Å². The topological polar surface area (TPSA) is 78.8 Å². The van der Waals surface area contributed by atoms with Crippen molar-refractivity contribution in [2.75, 3.05) is 19.3 Å². The van der Waals surface area contributed by atoms with Crippen molar-refractivity contribution in [2.24, 2.45) is 0 Å². The van der Waals surface area contributed by atoms with Gasteiger partial charge in [-0.25, -0.2) is 9.97 Å². The summed E-state index contributed by atoms with van der Waals surface area (Å²) in [6.45, 7) is 3.62. The Morgan fingerprint density at radius 3 is 2.94 bits per heavy atom. The second kappa shape index (κ2) is 4.06. The maximum absolute atomic E-state index is 8.98. The first-order valence-electron chi connectivity index (χ1n) is 5.35. The van der Waals surface area contributed by atoms with Gasteiger partial charge in [0.25, 0.3) is 0 Å². The van der Waals surface area contributed by atoms with Crippen molar-refractivity contribution in [1.82, 2.24) is 14.9 Å². The summed E-state index contributed by atoms with van der Waals surface area (Å²) in [5.41, 5.74) is 8.54. The standard InChI is InChI=1S/C11H15N5/c1-7(5-12)10-8-6-16(2)4-3-9(8)14-11(13)15-10/h7H,3-4,6H2,1-2H3,(H2,13,14,15). The molecule has 1 aromatic rings. The molecule has 1 unspecified atom stereocenters. The SMILES string of the molecule is CC(C#N)c1nc(N)nc2c1CN(C)CC2. The number of likely N-dealkylation sites (N-methyl/N-ethyl adjacent to an activating group) is 1. The molecule has 84 valence electrons. The molecular formula is C11H15N5. The average molecular weight is 217 g/mol. The molecule has 0 amide bonds. The lowest BCUT2D eigenvalue weighted by Gasteiger charge is -2.26. The zero-order valence-corrected chi connectivity index (χ0v) is 9.56. The van der Waals surface area contributed by atoms with Gasteiger partial charge >= 0.3 is 0 Å². The average Bonchev–Trinajstić information content (AvgIpc) is 2.27. The van der Waals surface area contributed by atoms with E-state index in [-0.39, 0.29) is 11.9 Å². The molecular weight excluding hydrogens is 202 g/mol. The second-order valence-electron chi connectivity index (χ2n) is 4.23. The maximum atomic E-state index is 8.98. The van der Waals surface area contributed by atoms with Crippen LogP contribution in [-0.4, -0.2) is 28.5 Å². The molecule has 1 atom stereocenters. The summed E-state index contributed by atoms with van der Waals surface area (Å²) >= 11 is 0. The Morgan fingerprint density at radius 1 is 1.50 bits per heavy atom. The highest BCUT2D eigenvalue weighted by molar-refractivity contribution is 5.37. The van der Waals surface area contributed by atoms with Crippen molar-refractivity contribution in [1.29, 1.82) is 5.26 Å². The summed E-state index contributed by atoms with van der Waals surface area (Å²) < 4.78 is 0. The van der Waals surface area contributed by atoms with Crippen molar-refractivity contribution in [3.8, 4) is 6.07 Å². The third-order valence-corrected chi connectivity index (χ3v) is 2.90. The number of nitrogens with two attached hydrogens (primary N) is 1. The Bertz CT molecular complexity index is 448. The van der Waals surface area contributed by atoms with Gasteiger partial charge < -0.3 is 10.6 Å². The first kappa shape index (κ1) is 10.8. The van der Waals surface area contributed by atoms with Crippen LogP contribution in [0.2, 0.25) is 0 Å². The molecule has 0 saturated heterocycles. The maximum Gasteiger partial charge on any atom is 0.220 e. The molecule has 0 fully saturated rings. The highest BCUT2D eigenvalue weighted by Gasteiger charge is 2.22. The number of anilines is 1. The van der Waals surface area contributed by atoms with E-state index in [0.717, 1.165) is 36.5 Å². The van der Waals surface area contributed by atoms with Gasteiger partial charge in [-0.1, -0.05) is 0 Å². The van der Waals surface area contributed by atoms with Gasteiger partial charge in [-0.2, -0.15) is 5.26 Å². The van der Waals surface area contributed by atoms with Crippen LogP contribution in [0.1, 0.15) is 29.8 Å². The van der Waals surface area contributed by atoms with E-state index in [1.807, 2.05) is 6.92 Å². The fraction of sp³-hybridized carbons (Fsp3) is 0.545. The number of nitrogens with zero attached hydrogens (tertiary/aromatic N) is 4. The number of nitriles is 1. The van der Waals surface area contributed by atoms with Crippen molar-refractivity contribution < 1.29 is 0 Å². The van der Waals surface area contributed by atoms with Crippen LogP contribution in [0, 0.1) is 11.3 Å². The highest BCUT2D eigenvalue weighted by Crippen LogP contribution is 2.25. The van der Waals surface area contributed by atoms with Crippen LogP contribution < -0.4 is 5.73 Å². The molecule has 0 bridgehead atoms. The Kier molecular flexibility index (Phi) is 2.75.